The first-order valence-corrected chi connectivity index (χ1v) is 7.08. The Balaban J connectivity index is 2.21. The molecule has 5 nitrogen and oxygen atoms in total. The molecule has 2 fully saturated rings. The van der Waals surface area contributed by atoms with Gasteiger partial charge in [0.05, 0.1) is 13.2 Å². The van der Waals surface area contributed by atoms with Gasteiger partial charge in [-0.15, -0.1) is 0 Å². The molecule has 2 aliphatic carbocycles. The van der Waals surface area contributed by atoms with Crippen molar-refractivity contribution in [2.75, 3.05) is 13.2 Å². The van der Waals surface area contributed by atoms with E-state index < -0.39 is 17.4 Å². The summed E-state index contributed by atoms with van der Waals surface area (Å²) >= 11 is 0. The van der Waals surface area contributed by atoms with E-state index in [-0.39, 0.29) is 18.6 Å². The van der Waals surface area contributed by atoms with E-state index >= 15 is 0 Å². The summed E-state index contributed by atoms with van der Waals surface area (Å²) in [5.74, 6) is 1.10. The molecule has 2 atom stereocenters. The Morgan fingerprint density at radius 3 is 2.30 bits per heavy atom. The van der Waals surface area contributed by atoms with Crippen LogP contribution in [0.5, 0.6) is 0 Å². The van der Waals surface area contributed by atoms with Gasteiger partial charge in [0.1, 0.15) is 5.94 Å². The number of esters is 2. The quantitative estimate of drug-likeness (QED) is 0.420. The third-order valence-corrected chi connectivity index (χ3v) is 4.53. The summed E-state index contributed by atoms with van der Waals surface area (Å²) in [7, 11) is 0. The minimum Gasteiger partial charge on any atom is -0.465 e. The van der Waals surface area contributed by atoms with Gasteiger partial charge in [-0.25, -0.2) is 4.79 Å². The van der Waals surface area contributed by atoms with E-state index in [0.717, 1.165) is 6.42 Å². The zero-order valence-corrected chi connectivity index (χ0v) is 11.9. The van der Waals surface area contributed by atoms with E-state index in [1.54, 1.807) is 19.8 Å². The van der Waals surface area contributed by atoms with Crippen molar-refractivity contribution in [2.24, 2.45) is 16.7 Å². The molecular formula is C15H20O5. The van der Waals surface area contributed by atoms with Crippen LogP contribution in [0.25, 0.3) is 0 Å². The van der Waals surface area contributed by atoms with Crippen LogP contribution in [0.1, 0.15) is 39.5 Å². The standard InChI is InChI=1S/C15H20O5/c1-3-19-12(17)15(13(18)20-4-2)9-11-8-14(11,10-15)6-5-7-16/h5,11H,3-4,6,8-10H2,1-2H3. The number of carbonyl (C=O) groups is 2. The normalized spacial score (nSPS) is 29.0. The van der Waals surface area contributed by atoms with Gasteiger partial charge in [0.25, 0.3) is 0 Å². The van der Waals surface area contributed by atoms with Gasteiger partial charge in [0, 0.05) is 6.08 Å². The average Bonchev–Trinajstić information content (AvgIpc) is 2.99. The molecule has 2 rings (SSSR count). The molecule has 0 aromatic heterocycles. The van der Waals surface area contributed by atoms with Crippen molar-refractivity contribution in [3.8, 4) is 0 Å². The summed E-state index contributed by atoms with van der Waals surface area (Å²) in [5.41, 5.74) is -1.29. The highest BCUT2D eigenvalue weighted by Gasteiger charge is 2.70. The molecule has 0 saturated heterocycles. The van der Waals surface area contributed by atoms with E-state index in [4.69, 9.17) is 9.47 Å². The van der Waals surface area contributed by atoms with Gasteiger partial charge < -0.3 is 9.47 Å². The van der Waals surface area contributed by atoms with Gasteiger partial charge in [0.15, 0.2) is 5.41 Å². The summed E-state index contributed by atoms with van der Waals surface area (Å²) in [6.07, 6.45) is 3.86. The van der Waals surface area contributed by atoms with Gasteiger partial charge in [-0.05, 0) is 50.9 Å². The first-order chi connectivity index (χ1) is 9.54. The maximum atomic E-state index is 12.3. The van der Waals surface area contributed by atoms with Gasteiger partial charge in [-0.1, -0.05) is 0 Å². The highest BCUT2D eigenvalue weighted by atomic mass is 16.6. The molecule has 2 unspecified atom stereocenters. The Hall–Kier alpha value is -1.61. The maximum Gasteiger partial charge on any atom is 0.323 e. The smallest absolute Gasteiger partial charge is 0.323 e. The molecule has 2 saturated carbocycles. The Morgan fingerprint density at radius 2 is 1.80 bits per heavy atom. The predicted octanol–water partition coefficient (Wildman–Crippen LogP) is 1.68. The number of hydrogen-bond acceptors (Lipinski definition) is 5. The number of rotatable bonds is 6. The monoisotopic (exact) mass is 280 g/mol. The highest BCUT2D eigenvalue weighted by Crippen LogP contribution is 2.71. The van der Waals surface area contributed by atoms with Crippen molar-refractivity contribution in [1.82, 2.24) is 0 Å². The summed E-state index contributed by atoms with van der Waals surface area (Å²) in [5, 5.41) is 0. The van der Waals surface area contributed by atoms with E-state index in [9.17, 15) is 14.4 Å². The van der Waals surface area contributed by atoms with Crippen LogP contribution in [-0.4, -0.2) is 31.1 Å². The lowest BCUT2D eigenvalue weighted by molar-refractivity contribution is -0.172. The molecule has 2 aliphatic rings. The van der Waals surface area contributed by atoms with Crippen molar-refractivity contribution in [3.63, 3.8) is 0 Å². The van der Waals surface area contributed by atoms with Gasteiger partial charge in [-0.3, -0.25) is 9.59 Å². The second-order valence-electron chi connectivity index (χ2n) is 5.69. The lowest BCUT2D eigenvalue weighted by atomic mass is 9.80. The highest BCUT2D eigenvalue weighted by molar-refractivity contribution is 6.01. The third kappa shape index (κ3) is 2.27. The number of allylic oxidation sites excluding steroid dienone is 1. The second-order valence-corrected chi connectivity index (χ2v) is 5.69. The van der Waals surface area contributed by atoms with Crippen LogP contribution in [0.4, 0.5) is 0 Å². The van der Waals surface area contributed by atoms with Crippen molar-refractivity contribution in [2.45, 2.75) is 39.5 Å². The predicted molar refractivity (Wildman–Crippen MR) is 70.4 cm³/mol. The van der Waals surface area contributed by atoms with Crippen LogP contribution in [0.15, 0.2) is 6.08 Å². The lowest BCUT2D eigenvalue weighted by Crippen LogP contribution is -2.41. The number of carbonyl (C=O) groups excluding carboxylic acids is 3. The van der Waals surface area contributed by atoms with E-state index in [1.807, 2.05) is 0 Å². The van der Waals surface area contributed by atoms with Crippen molar-refractivity contribution in [3.05, 3.63) is 6.08 Å². The minimum absolute atomic E-state index is 0.114. The second kappa shape index (κ2) is 5.41. The molecule has 0 bridgehead atoms. The number of fused-ring (bicyclic) bond motifs is 1. The molecule has 110 valence electrons. The molecule has 0 N–H and O–H groups in total. The first kappa shape index (κ1) is 14.8. The number of ether oxygens (including phenoxy) is 2. The Morgan fingerprint density at radius 1 is 1.20 bits per heavy atom. The van der Waals surface area contributed by atoms with Gasteiger partial charge in [-0.2, -0.15) is 0 Å². The van der Waals surface area contributed by atoms with E-state index in [1.165, 1.54) is 6.08 Å². The van der Waals surface area contributed by atoms with Crippen molar-refractivity contribution >= 4 is 17.9 Å². The molecule has 0 radical (unpaired) electrons. The zero-order valence-electron chi connectivity index (χ0n) is 11.9. The molecule has 0 aromatic carbocycles. The topological polar surface area (TPSA) is 69.7 Å². The maximum absolute atomic E-state index is 12.3. The summed E-state index contributed by atoms with van der Waals surface area (Å²) in [6, 6.07) is 0. The fraction of sp³-hybridized carbons (Fsp3) is 0.733. The molecular weight excluding hydrogens is 260 g/mol. The van der Waals surface area contributed by atoms with Gasteiger partial charge in [0.2, 0.25) is 0 Å². The lowest BCUT2D eigenvalue weighted by Gasteiger charge is -2.27. The largest absolute Gasteiger partial charge is 0.465 e. The van der Waals surface area contributed by atoms with Crippen LogP contribution in [0, 0.1) is 16.7 Å². The SMILES string of the molecule is CCOC(=O)C1(C(=O)OCC)CC2CC2(CC=C=O)C1. The van der Waals surface area contributed by atoms with Crippen LogP contribution in [0.2, 0.25) is 0 Å². The average molecular weight is 280 g/mol. The zero-order chi connectivity index (χ0) is 14.8. The third-order valence-electron chi connectivity index (χ3n) is 4.53. The molecule has 0 spiro atoms. The molecule has 20 heavy (non-hydrogen) atoms. The summed E-state index contributed by atoms with van der Waals surface area (Å²) < 4.78 is 10.2. The Labute approximate surface area is 118 Å². The van der Waals surface area contributed by atoms with Crippen LogP contribution >= 0.6 is 0 Å². The summed E-state index contributed by atoms with van der Waals surface area (Å²) in [4.78, 5) is 34.9. The van der Waals surface area contributed by atoms with E-state index in [2.05, 4.69) is 0 Å². The minimum atomic E-state index is -1.17. The Bertz CT molecular complexity index is 445. The van der Waals surface area contributed by atoms with E-state index in [0.29, 0.717) is 25.2 Å². The van der Waals surface area contributed by atoms with Crippen molar-refractivity contribution < 1.29 is 23.9 Å². The van der Waals surface area contributed by atoms with Crippen LogP contribution in [0.3, 0.4) is 0 Å². The fourth-order valence-corrected chi connectivity index (χ4v) is 3.53. The fourth-order valence-electron chi connectivity index (χ4n) is 3.53. The molecule has 0 aliphatic heterocycles. The molecule has 0 heterocycles. The van der Waals surface area contributed by atoms with Crippen LogP contribution in [-0.2, 0) is 23.9 Å². The van der Waals surface area contributed by atoms with Gasteiger partial charge >= 0.3 is 11.9 Å². The van der Waals surface area contributed by atoms with Crippen molar-refractivity contribution in [1.29, 1.82) is 0 Å². The Kier molecular flexibility index (Phi) is 4.00. The first-order valence-electron chi connectivity index (χ1n) is 7.08. The molecule has 0 amide bonds. The van der Waals surface area contributed by atoms with Crippen LogP contribution < -0.4 is 0 Å². The molecule has 0 aromatic rings. The number of hydrogen-bond donors (Lipinski definition) is 0. The molecule has 5 heteroatoms. The summed E-state index contributed by atoms with van der Waals surface area (Å²) in [6.45, 7) is 3.92.